The van der Waals surface area contributed by atoms with Gasteiger partial charge in [-0.25, -0.2) is 9.97 Å². The molecule has 150 valence electrons. The Hall–Kier alpha value is -3.64. The number of halogens is 1. The first kappa shape index (κ1) is 19.7. The van der Waals surface area contributed by atoms with Gasteiger partial charge in [0.05, 0.1) is 23.2 Å². The zero-order valence-corrected chi connectivity index (χ0v) is 17.2. The van der Waals surface area contributed by atoms with Crippen LogP contribution in [-0.4, -0.2) is 23.0 Å². The Morgan fingerprint density at radius 3 is 2.47 bits per heavy atom. The lowest BCUT2D eigenvalue weighted by Gasteiger charge is -2.11. The van der Waals surface area contributed by atoms with Gasteiger partial charge in [0.1, 0.15) is 5.82 Å². The van der Waals surface area contributed by atoms with Crippen LogP contribution in [0.25, 0.3) is 33.2 Å². The highest BCUT2D eigenvalue weighted by molar-refractivity contribution is 6.34. The lowest BCUT2D eigenvalue weighted by atomic mass is 9.99. The predicted octanol–water partition coefficient (Wildman–Crippen LogP) is 4.62. The Morgan fingerprint density at radius 1 is 1.03 bits per heavy atom. The molecule has 0 bridgehead atoms. The fourth-order valence-electron chi connectivity index (χ4n) is 3.42. The van der Waals surface area contributed by atoms with Crippen LogP contribution in [0.3, 0.4) is 0 Å². The van der Waals surface area contributed by atoms with E-state index < -0.39 is 5.91 Å². The molecule has 0 aliphatic carbocycles. The number of pyridine rings is 2. The molecule has 0 saturated heterocycles. The maximum absolute atomic E-state index is 11.4. The summed E-state index contributed by atoms with van der Waals surface area (Å²) in [6, 6.07) is 14.9. The molecular weight excluding hydrogens is 400 g/mol. The maximum atomic E-state index is 11.4. The van der Waals surface area contributed by atoms with E-state index in [0.29, 0.717) is 11.7 Å². The van der Waals surface area contributed by atoms with Crippen LogP contribution in [0.1, 0.15) is 15.9 Å². The van der Waals surface area contributed by atoms with Crippen molar-refractivity contribution in [1.29, 1.82) is 0 Å². The van der Waals surface area contributed by atoms with E-state index in [2.05, 4.69) is 9.97 Å². The summed E-state index contributed by atoms with van der Waals surface area (Å²) in [5.74, 6) is 0.400. The summed E-state index contributed by atoms with van der Waals surface area (Å²) in [6.07, 6.45) is 1.78. The first-order valence-corrected chi connectivity index (χ1v) is 9.56. The third-order valence-corrected chi connectivity index (χ3v) is 5.26. The molecule has 6 nitrogen and oxygen atoms in total. The van der Waals surface area contributed by atoms with E-state index in [0.717, 1.165) is 38.7 Å². The van der Waals surface area contributed by atoms with Crippen molar-refractivity contribution in [3.05, 3.63) is 70.9 Å². The number of anilines is 1. The van der Waals surface area contributed by atoms with Gasteiger partial charge in [-0.2, -0.15) is 0 Å². The topological polar surface area (TPSA) is 104 Å². The molecule has 4 aromatic rings. The standard InChI is InChI=1S/C23H19ClN4O2/c1-12-7-16(11-27-23(12)30-2)13-4-6-20-15(8-13)9-18(21(25)28-20)14-3-5-17(22(26)29)19(24)10-14/h3-11H,1-2H3,(H2,25,28)(H2,26,29). The summed E-state index contributed by atoms with van der Waals surface area (Å²) >= 11 is 6.21. The molecule has 0 atom stereocenters. The Morgan fingerprint density at radius 2 is 1.80 bits per heavy atom. The second-order valence-corrected chi connectivity index (χ2v) is 7.34. The Balaban J connectivity index is 1.81. The third-order valence-electron chi connectivity index (χ3n) is 4.95. The van der Waals surface area contributed by atoms with Gasteiger partial charge in [0, 0.05) is 28.3 Å². The molecule has 0 spiro atoms. The number of hydrogen-bond acceptors (Lipinski definition) is 5. The molecule has 30 heavy (non-hydrogen) atoms. The highest BCUT2D eigenvalue weighted by Crippen LogP contribution is 2.33. The van der Waals surface area contributed by atoms with Crippen LogP contribution in [0, 0.1) is 6.92 Å². The quantitative estimate of drug-likeness (QED) is 0.503. The minimum Gasteiger partial charge on any atom is -0.481 e. The van der Waals surface area contributed by atoms with Gasteiger partial charge in [0.15, 0.2) is 0 Å². The van der Waals surface area contributed by atoms with Crippen LogP contribution in [0.2, 0.25) is 5.02 Å². The van der Waals surface area contributed by atoms with Crippen molar-refractivity contribution in [3.63, 3.8) is 0 Å². The summed E-state index contributed by atoms with van der Waals surface area (Å²) in [5, 5.41) is 1.19. The Kier molecular flexibility index (Phi) is 5.01. The molecule has 0 aliphatic rings. The van der Waals surface area contributed by atoms with E-state index in [-0.39, 0.29) is 10.6 Å². The van der Waals surface area contributed by atoms with Crippen molar-refractivity contribution < 1.29 is 9.53 Å². The van der Waals surface area contributed by atoms with Gasteiger partial charge < -0.3 is 16.2 Å². The summed E-state index contributed by atoms with van der Waals surface area (Å²) in [6.45, 7) is 1.95. The van der Waals surface area contributed by atoms with Crippen molar-refractivity contribution in [2.45, 2.75) is 6.92 Å². The van der Waals surface area contributed by atoms with Crippen molar-refractivity contribution in [1.82, 2.24) is 9.97 Å². The molecule has 0 unspecified atom stereocenters. The highest BCUT2D eigenvalue weighted by Gasteiger charge is 2.12. The molecule has 2 aromatic carbocycles. The number of carbonyl (C=O) groups is 1. The monoisotopic (exact) mass is 418 g/mol. The predicted molar refractivity (Wildman–Crippen MR) is 120 cm³/mol. The zero-order chi connectivity index (χ0) is 21.4. The fraction of sp³-hybridized carbons (Fsp3) is 0.0870. The van der Waals surface area contributed by atoms with Gasteiger partial charge in [-0.05, 0) is 54.4 Å². The smallest absolute Gasteiger partial charge is 0.250 e. The average molecular weight is 419 g/mol. The van der Waals surface area contributed by atoms with E-state index >= 15 is 0 Å². The van der Waals surface area contributed by atoms with Crippen LogP contribution in [-0.2, 0) is 0 Å². The van der Waals surface area contributed by atoms with Crippen LogP contribution in [0.4, 0.5) is 5.82 Å². The van der Waals surface area contributed by atoms with Crippen molar-refractivity contribution in [3.8, 4) is 28.1 Å². The molecule has 0 fully saturated rings. The van der Waals surface area contributed by atoms with Gasteiger partial charge in [0.25, 0.3) is 0 Å². The van der Waals surface area contributed by atoms with Crippen LogP contribution >= 0.6 is 11.6 Å². The maximum Gasteiger partial charge on any atom is 0.250 e. The number of aryl methyl sites for hydroxylation is 1. The summed E-state index contributed by atoms with van der Waals surface area (Å²) in [4.78, 5) is 20.3. The largest absolute Gasteiger partial charge is 0.481 e. The van der Waals surface area contributed by atoms with Crippen molar-refractivity contribution in [2.75, 3.05) is 12.8 Å². The SMILES string of the molecule is COc1ncc(-c2ccc3nc(N)c(-c4ccc(C(N)=O)c(Cl)c4)cc3c2)cc1C. The summed E-state index contributed by atoms with van der Waals surface area (Å²) in [5.41, 5.74) is 17.0. The van der Waals surface area contributed by atoms with E-state index in [4.69, 9.17) is 27.8 Å². The number of rotatable bonds is 4. The van der Waals surface area contributed by atoms with Crippen molar-refractivity contribution >= 4 is 34.2 Å². The minimum absolute atomic E-state index is 0.261. The second-order valence-electron chi connectivity index (χ2n) is 6.94. The van der Waals surface area contributed by atoms with Gasteiger partial charge in [-0.1, -0.05) is 23.7 Å². The van der Waals surface area contributed by atoms with Gasteiger partial charge in [-0.3, -0.25) is 4.79 Å². The number of hydrogen-bond donors (Lipinski definition) is 2. The highest BCUT2D eigenvalue weighted by atomic mass is 35.5. The number of methoxy groups -OCH3 is 1. The number of nitrogen functional groups attached to an aromatic ring is 1. The van der Waals surface area contributed by atoms with Crippen LogP contribution in [0.15, 0.2) is 54.7 Å². The molecule has 0 radical (unpaired) electrons. The normalized spacial score (nSPS) is 10.9. The molecule has 7 heteroatoms. The van der Waals surface area contributed by atoms with Gasteiger partial charge in [-0.15, -0.1) is 0 Å². The summed E-state index contributed by atoms with van der Waals surface area (Å²) in [7, 11) is 1.60. The zero-order valence-electron chi connectivity index (χ0n) is 16.4. The first-order valence-electron chi connectivity index (χ1n) is 9.18. The number of benzene rings is 2. The summed E-state index contributed by atoms with van der Waals surface area (Å²) < 4.78 is 5.24. The number of aromatic nitrogens is 2. The number of amides is 1. The lowest BCUT2D eigenvalue weighted by Crippen LogP contribution is -2.11. The molecule has 1 amide bonds. The molecular formula is C23H19ClN4O2. The molecule has 4 N–H and O–H groups in total. The van der Waals surface area contributed by atoms with Crippen LogP contribution in [0.5, 0.6) is 5.88 Å². The number of carbonyl (C=O) groups excluding carboxylic acids is 1. The number of fused-ring (bicyclic) bond motifs is 1. The Bertz CT molecular complexity index is 1300. The first-order chi connectivity index (χ1) is 14.4. The van der Waals surface area contributed by atoms with Gasteiger partial charge in [0.2, 0.25) is 11.8 Å². The van der Waals surface area contributed by atoms with E-state index in [1.807, 2.05) is 37.3 Å². The van der Waals surface area contributed by atoms with Gasteiger partial charge >= 0.3 is 0 Å². The molecule has 0 aliphatic heterocycles. The number of ether oxygens (including phenoxy) is 1. The van der Waals surface area contributed by atoms with Crippen LogP contribution < -0.4 is 16.2 Å². The van der Waals surface area contributed by atoms with E-state index in [9.17, 15) is 4.79 Å². The fourth-order valence-corrected chi connectivity index (χ4v) is 3.69. The molecule has 0 saturated carbocycles. The van der Waals surface area contributed by atoms with Crippen molar-refractivity contribution in [2.24, 2.45) is 5.73 Å². The minimum atomic E-state index is -0.579. The Labute approximate surface area is 178 Å². The second kappa shape index (κ2) is 7.65. The average Bonchev–Trinajstić information content (AvgIpc) is 2.72. The number of nitrogens with zero attached hydrogens (tertiary/aromatic N) is 2. The molecule has 4 rings (SSSR count). The number of nitrogens with two attached hydrogens (primary N) is 2. The lowest BCUT2D eigenvalue weighted by molar-refractivity contribution is 0.100. The third kappa shape index (κ3) is 3.53. The van der Waals surface area contributed by atoms with E-state index in [1.54, 1.807) is 31.5 Å². The van der Waals surface area contributed by atoms with E-state index in [1.165, 1.54) is 0 Å². The molecule has 2 heterocycles. The number of primary amides is 1. The molecule has 2 aromatic heterocycles.